The van der Waals surface area contributed by atoms with Crippen LogP contribution in [0.5, 0.6) is 0 Å². The number of aromatic nitrogens is 1. The second kappa shape index (κ2) is 10.0. The van der Waals surface area contributed by atoms with Gasteiger partial charge >= 0.3 is 0 Å². The standard InChI is InChI=1S/C26H24BF3N2OS/c1-3-6-20(18-8-5-4-7-14(18)2)32-26(33)24-21(25(29)30)22-23(34-24)19(9-10-31-22)15-11-16(27)13-17(28)12-15/h4-5,7-13,20,25H,3,6,27H2,1-2H3,(H,32,33). The summed E-state index contributed by atoms with van der Waals surface area (Å²) in [6.07, 6.45) is 0.0376. The van der Waals surface area contributed by atoms with E-state index < -0.39 is 18.1 Å². The molecular formula is C26H24BF3N2OS. The molecule has 1 atom stereocenters. The van der Waals surface area contributed by atoms with Crippen molar-refractivity contribution in [1.82, 2.24) is 10.3 Å². The summed E-state index contributed by atoms with van der Waals surface area (Å²) in [5.74, 6) is -0.967. The van der Waals surface area contributed by atoms with E-state index in [-0.39, 0.29) is 22.0 Å². The minimum Gasteiger partial charge on any atom is -0.345 e. The lowest BCUT2D eigenvalue weighted by Crippen LogP contribution is -2.29. The maximum absolute atomic E-state index is 14.2. The number of thiophene rings is 1. The van der Waals surface area contributed by atoms with Gasteiger partial charge in [0.15, 0.2) is 0 Å². The highest BCUT2D eigenvalue weighted by atomic mass is 32.1. The Morgan fingerprint density at radius 2 is 1.94 bits per heavy atom. The van der Waals surface area contributed by atoms with Crippen molar-refractivity contribution in [2.45, 2.75) is 39.2 Å². The molecule has 8 heteroatoms. The van der Waals surface area contributed by atoms with E-state index in [1.807, 2.05) is 38.1 Å². The Kier molecular flexibility index (Phi) is 7.07. The van der Waals surface area contributed by atoms with Crippen LogP contribution < -0.4 is 10.8 Å². The van der Waals surface area contributed by atoms with Crippen LogP contribution in [-0.4, -0.2) is 18.7 Å². The third kappa shape index (κ3) is 4.73. The van der Waals surface area contributed by atoms with Crippen molar-refractivity contribution < 1.29 is 18.0 Å². The van der Waals surface area contributed by atoms with Crippen molar-refractivity contribution in [3.8, 4) is 11.1 Å². The van der Waals surface area contributed by atoms with E-state index in [4.69, 9.17) is 0 Å². The molecule has 0 aliphatic carbocycles. The van der Waals surface area contributed by atoms with Crippen LogP contribution in [0.15, 0.2) is 54.7 Å². The van der Waals surface area contributed by atoms with Crippen LogP contribution in [0, 0.1) is 12.7 Å². The van der Waals surface area contributed by atoms with Crippen LogP contribution in [0.25, 0.3) is 21.3 Å². The number of nitrogens with one attached hydrogen (secondary N) is 1. The van der Waals surface area contributed by atoms with Gasteiger partial charge in [-0.1, -0.05) is 49.1 Å². The summed E-state index contributed by atoms with van der Waals surface area (Å²) < 4.78 is 42.9. The van der Waals surface area contributed by atoms with Gasteiger partial charge in [0.1, 0.15) is 18.5 Å². The van der Waals surface area contributed by atoms with Gasteiger partial charge < -0.3 is 5.32 Å². The van der Waals surface area contributed by atoms with Crippen molar-refractivity contribution in [3.05, 3.63) is 82.1 Å². The van der Waals surface area contributed by atoms with Crippen molar-refractivity contribution >= 4 is 40.8 Å². The number of hydrogen-bond acceptors (Lipinski definition) is 3. The molecule has 1 N–H and O–H groups in total. The molecule has 4 rings (SSSR count). The normalized spacial score (nSPS) is 12.3. The molecule has 2 aromatic heterocycles. The first kappa shape index (κ1) is 24.0. The molecule has 174 valence electrons. The first-order valence-corrected chi connectivity index (χ1v) is 11.9. The molecule has 0 saturated carbocycles. The Morgan fingerprint density at radius 1 is 1.18 bits per heavy atom. The number of amides is 1. The number of carbonyl (C=O) groups is 1. The van der Waals surface area contributed by atoms with Gasteiger partial charge in [-0.2, -0.15) is 0 Å². The van der Waals surface area contributed by atoms with E-state index in [0.29, 0.717) is 27.7 Å². The SMILES string of the molecule is Bc1cc(F)cc(-c2ccnc3c(C(F)F)c(C(=O)NC(CCC)c4ccccc4C)sc23)c1. The van der Waals surface area contributed by atoms with E-state index in [9.17, 15) is 18.0 Å². The van der Waals surface area contributed by atoms with Gasteiger partial charge in [0.25, 0.3) is 12.3 Å². The minimum absolute atomic E-state index is 0.0623. The Bertz CT molecular complexity index is 1340. The third-order valence-electron chi connectivity index (χ3n) is 5.83. The number of benzene rings is 2. The molecule has 0 bridgehead atoms. The van der Waals surface area contributed by atoms with Crippen LogP contribution in [0.2, 0.25) is 0 Å². The number of carbonyl (C=O) groups excluding carboxylic acids is 1. The number of alkyl halides is 2. The molecule has 0 saturated heterocycles. The predicted molar refractivity (Wildman–Crippen MR) is 134 cm³/mol. The fourth-order valence-corrected chi connectivity index (χ4v) is 5.50. The lowest BCUT2D eigenvalue weighted by Gasteiger charge is -2.20. The first-order chi connectivity index (χ1) is 16.3. The first-order valence-electron chi connectivity index (χ1n) is 11.1. The molecule has 34 heavy (non-hydrogen) atoms. The molecule has 3 nitrogen and oxygen atoms in total. The number of hydrogen-bond donors (Lipinski definition) is 1. The molecule has 2 heterocycles. The summed E-state index contributed by atoms with van der Waals surface area (Å²) in [6, 6.07) is 13.6. The fraction of sp³-hybridized carbons (Fsp3) is 0.231. The fourth-order valence-electron chi connectivity index (χ4n) is 4.29. The number of rotatable bonds is 7. The molecule has 1 unspecified atom stereocenters. The van der Waals surface area contributed by atoms with Gasteiger partial charge in [-0.3, -0.25) is 9.78 Å². The van der Waals surface area contributed by atoms with Gasteiger partial charge in [-0.25, -0.2) is 13.2 Å². The number of pyridine rings is 1. The van der Waals surface area contributed by atoms with Gasteiger partial charge in [0, 0.05) is 11.8 Å². The van der Waals surface area contributed by atoms with E-state index >= 15 is 0 Å². The van der Waals surface area contributed by atoms with E-state index in [1.165, 1.54) is 18.3 Å². The molecule has 0 aliphatic heterocycles. The lowest BCUT2D eigenvalue weighted by molar-refractivity contribution is 0.0927. The van der Waals surface area contributed by atoms with Crippen LogP contribution in [0.4, 0.5) is 13.2 Å². The Labute approximate surface area is 201 Å². The molecule has 0 spiro atoms. The maximum Gasteiger partial charge on any atom is 0.267 e. The minimum atomic E-state index is -2.88. The van der Waals surface area contributed by atoms with Gasteiger partial charge in [-0.15, -0.1) is 11.3 Å². The second-order valence-corrected chi connectivity index (χ2v) is 9.39. The Morgan fingerprint density at radius 3 is 2.62 bits per heavy atom. The molecular weight excluding hydrogens is 456 g/mol. The molecule has 4 aromatic rings. The highest BCUT2D eigenvalue weighted by Gasteiger charge is 2.28. The summed E-state index contributed by atoms with van der Waals surface area (Å²) in [5, 5.41) is 2.98. The highest BCUT2D eigenvalue weighted by Crippen LogP contribution is 2.41. The maximum atomic E-state index is 14.2. The predicted octanol–water partition coefficient (Wildman–Crippen LogP) is 5.88. The van der Waals surface area contributed by atoms with Crippen molar-refractivity contribution in [2.24, 2.45) is 0 Å². The number of aryl methyl sites for hydroxylation is 1. The average Bonchev–Trinajstić information content (AvgIpc) is 3.18. The van der Waals surface area contributed by atoms with Gasteiger partial charge in [-0.05, 0) is 48.2 Å². The quantitative estimate of drug-likeness (QED) is 0.336. The van der Waals surface area contributed by atoms with Crippen LogP contribution in [-0.2, 0) is 0 Å². The van der Waals surface area contributed by atoms with Crippen LogP contribution >= 0.6 is 11.3 Å². The topological polar surface area (TPSA) is 42.0 Å². The summed E-state index contributed by atoms with van der Waals surface area (Å²) in [7, 11) is 1.77. The molecule has 1 amide bonds. The average molecular weight is 480 g/mol. The van der Waals surface area contributed by atoms with Gasteiger partial charge in [0.2, 0.25) is 0 Å². The summed E-state index contributed by atoms with van der Waals surface area (Å²) in [4.78, 5) is 17.5. The molecule has 0 radical (unpaired) electrons. The zero-order valence-electron chi connectivity index (χ0n) is 19.2. The zero-order chi connectivity index (χ0) is 24.4. The van der Waals surface area contributed by atoms with E-state index in [0.717, 1.165) is 28.9 Å². The summed E-state index contributed by atoms with van der Waals surface area (Å²) in [6.45, 7) is 3.98. The largest absolute Gasteiger partial charge is 0.345 e. The molecule has 0 fully saturated rings. The third-order valence-corrected chi connectivity index (χ3v) is 7.06. The summed E-state index contributed by atoms with van der Waals surface area (Å²) >= 11 is 0.976. The van der Waals surface area contributed by atoms with E-state index in [1.54, 1.807) is 20.0 Å². The summed E-state index contributed by atoms with van der Waals surface area (Å²) in [5.41, 5.74) is 3.53. The van der Waals surface area contributed by atoms with E-state index in [2.05, 4.69) is 10.3 Å². The molecule has 0 aliphatic rings. The highest BCUT2D eigenvalue weighted by molar-refractivity contribution is 7.21. The van der Waals surface area contributed by atoms with Gasteiger partial charge in [0.05, 0.1) is 21.8 Å². The van der Waals surface area contributed by atoms with Crippen molar-refractivity contribution in [1.29, 1.82) is 0 Å². The lowest BCUT2D eigenvalue weighted by atomic mass is 9.92. The zero-order valence-corrected chi connectivity index (χ0v) is 20.0. The van der Waals surface area contributed by atoms with Crippen LogP contribution in [0.1, 0.15) is 58.6 Å². The monoisotopic (exact) mass is 480 g/mol. The second-order valence-electron chi connectivity index (χ2n) is 8.37. The van der Waals surface area contributed by atoms with Crippen LogP contribution in [0.3, 0.4) is 0 Å². The number of halogens is 3. The van der Waals surface area contributed by atoms with Crippen molar-refractivity contribution in [3.63, 3.8) is 0 Å². The molecule has 2 aromatic carbocycles. The number of nitrogens with zero attached hydrogens (tertiary/aromatic N) is 1. The van der Waals surface area contributed by atoms with Crippen molar-refractivity contribution in [2.75, 3.05) is 0 Å². The smallest absolute Gasteiger partial charge is 0.267 e. The number of fused-ring (bicyclic) bond motifs is 1. The Balaban J connectivity index is 1.81. The Hall–Kier alpha value is -3.13.